The van der Waals surface area contributed by atoms with E-state index in [9.17, 15) is 5.11 Å². The van der Waals surface area contributed by atoms with Gasteiger partial charge in [0.25, 0.3) is 0 Å². The fourth-order valence-electron chi connectivity index (χ4n) is 2.70. The molecule has 2 rings (SSSR count). The van der Waals surface area contributed by atoms with Gasteiger partial charge >= 0.3 is 0 Å². The van der Waals surface area contributed by atoms with Gasteiger partial charge in [-0.2, -0.15) is 0 Å². The first-order chi connectivity index (χ1) is 6.83. The average Bonchev–Trinajstić information content (AvgIpc) is 2.64. The van der Waals surface area contributed by atoms with Crippen LogP contribution >= 0.6 is 0 Å². The Bertz CT molecular complexity index is 188. The zero-order chi connectivity index (χ0) is 9.97. The van der Waals surface area contributed by atoms with Gasteiger partial charge in [-0.3, -0.25) is 4.90 Å². The molecule has 0 aliphatic carbocycles. The summed E-state index contributed by atoms with van der Waals surface area (Å²) in [6.45, 7) is 3.48. The van der Waals surface area contributed by atoms with Crippen LogP contribution in [0, 0.1) is 0 Å². The molecule has 14 heavy (non-hydrogen) atoms. The lowest BCUT2D eigenvalue weighted by Gasteiger charge is -2.40. The molecule has 0 amide bonds. The molecule has 0 aromatic carbocycles. The monoisotopic (exact) mass is 199 g/mol. The third kappa shape index (κ3) is 1.93. The predicted octanol–water partition coefficient (Wildman–Crippen LogP) is -0.868. The van der Waals surface area contributed by atoms with Crippen molar-refractivity contribution in [2.24, 2.45) is 5.73 Å². The van der Waals surface area contributed by atoms with Crippen molar-refractivity contribution in [2.75, 3.05) is 26.2 Å². The first-order valence-electron chi connectivity index (χ1n) is 5.67. The molecule has 2 aliphatic heterocycles. The van der Waals surface area contributed by atoms with Crippen LogP contribution in [0.1, 0.15) is 19.3 Å². The van der Waals surface area contributed by atoms with Crippen LogP contribution in [0.5, 0.6) is 0 Å². The van der Waals surface area contributed by atoms with Crippen LogP contribution in [0.15, 0.2) is 0 Å². The van der Waals surface area contributed by atoms with Gasteiger partial charge in [0.1, 0.15) is 0 Å². The summed E-state index contributed by atoms with van der Waals surface area (Å²) in [7, 11) is 0. The molecule has 0 spiro atoms. The molecule has 2 saturated heterocycles. The summed E-state index contributed by atoms with van der Waals surface area (Å²) < 4.78 is 0. The van der Waals surface area contributed by atoms with E-state index in [2.05, 4.69) is 10.2 Å². The van der Waals surface area contributed by atoms with Crippen LogP contribution in [0.25, 0.3) is 0 Å². The third-order valence-corrected chi connectivity index (χ3v) is 3.52. The molecule has 0 bridgehead atoms. The van der Waals surface area contributed by atoms with E-state index in [0.717, 1.165) is 26.2 Å². The molecule has 4 heteroatoms. The van der Waals surface area contributed by atoms with Crippen molar-refractivity contribution in [3.63, 3.8) is 0 Å². The number of rotatable bonds is 2. The molecule has 0 aromatic heterocycles. The van der Waals surface area contributed by atoms with Crippen molar-refractivity contribution in [1.29, 1.82) is 0 Å². The summed E-state index contributed by atoms with van der Waals surface area (Å²) in [5, 5.41) is 13.0. The van der Waals surface area contributed by atoms with E-state index >= 15 is 0 Å². The minimum atomic E-state index is -0.206. The van der Waals surface area contributed by atoms with Crippen LogP contribution in [0.2, 0.25) is 0 Å². The number of hydrogen-bond donors (Lipinski definition) is 3. The van der Waals surface area contributed by atoms with Gasteiger partial charge in [0.2, 0.25) is 0 Å². The van der Waals surface area contributed by atoms with Crippen molar-refractivity contribution in [3.05, 3.63) is 0 Å². The second kappa shape index (κ2) is 4.57. The van der Waals surface area contributed by atoms with E-state index in [1.165, 1.54) is 19.3 Å². The number of nitrogens with zero attached hydrogens (tertiary/aromatic N) is 1. The molecule has 3 atom stereocenters. The maximum atomic E-state index is 9.81. The zero-order valence-electron chi connectivity index (χ0n) is 8.65. The predicted molar refractivity (Wildman–Crippen MR) is 56.1 cm³/mol. The molecular formula is C10H21N3O. The smallest absolute Gasteiger partial charge is 0.0831 e. The van der Waals surface area contributed by atoms with Crippen LogP contribution in [0.3, 0.4) is 0 Å². The Balaban J connectivity index is 1.99. The highest BCUT2D eigenvalue weighted by atomic mass is 16.3. The molecular weight excluding hydrogens is 178 g/mol. The van der Waals surface area contributed by atoms with Crippen molar-refractivity contribution < 1.29 is 5.11 Å². The standard InChI is InChI=1S/C10H21N3O/c11-5-8-3-1-2-4-13(8)9-6-12-7-10(9)14/h8-10,12,14H,1-7,11H2/t8?,9-,10-/m1/s1. The largest absolute Gasteiger partial charge is 0.390 e. The maximum absolute atomic E-state index is 9.81. The van der Waals surface area contributed by atoms with Gasteiger partial charge < -0.3 is 16.2 Å². The van der Waals surface area contributed by atoms with E-state index in [1.807, 2.05) is 0 Å². The van der Waals surface area contributed by atoms with E-state index in [-0.39, 0.29) is 6.10 Å². The van der Waals surface area contributed by atoms with Gasteiger partial charge in [0.05, 0.1) is 6.10 Å². The normalized spacial score (nSPS) is 40.3. The highest BCUT2D eigenvalue weighted by Gasteiger charge is 2.35. The van der Waals surface area contributed by atoms with Crippen molar-refractivity contribution in [1.82, 2.24) is 10.2 Å². The number of likely N-dealkylation sites (tertiary alicyclic amines) is 1. The lowest BCUT2D eigenvalue weighted by atomic mass is 9.98. The Morgan fingerprint density at radius 2 is 2.21 bits per heavy atom. The number of nitrogens with two attached hydrogens (primary N) is 1. The topological polar surface area (TPSA) is 61.5 Å². The molecule has 2 fully saturated rings. The van der Waals surface area contributed by atoms with E-state index in [0.29, 0.717) is 12.1 Å². The molecule has 2 aliphatic rings. The summed E-state index contributed by atoms with van der Waals surface area (Å²) in [6.07, 6.45) is 3.52. The van der Waals surface area contributed by atoms with Crippen LogP contribution in [0.4, 0.5) is 0 Å². The Labute approximate surface area is 85.5 Å². The lowest BCUT2D eigenvalue weighted by Crippen LogP contribution is -2.53. The van der Waals surface area contributed by atoms with Crippen molar-refractivity contribution >= 4 is 0 Å². The number of nitrogens with one attached hydrogen (secondary N) is 1. The maximum Gasteiger partial charge on any atom is 0.0831 e. The summed E-state index contributed by atoms with van der Waals surface area (Å²) in [5.74, 6) is 0. The summed E-state index contributed by atoms with van der Waals surface area (Å²) in [6, 6.07) is 0.784. The fourth-order valence-corrected chi connectivity index (χ4v) is 2.70. The molecule has 1 unspecified atom stereocenters. The lowest BCUT2D eigenvalue weighted by molar-refractivity contribution is 0.0375. The fraction of sp³-hybridized carbons (Fsp3) is 1.00. The molecule has 0 aromatic rings. The first-order valence-corrected chi connectivity index (χ1v) is 5.67. The average molecular weight is 199 g/mol. The molecule has 82 valence electrons. The Morgan fingerprint density at radius 1 is 1.36 bits per heavy atom. The summed E-state index contributed by atoms with van der Waals surface area (Å²) in [5.41, 5.74) is 5.76. The van der Waals surface area contributed by atoms with Gasteiger partial charge in [0, 0.05) is 31.7 Å². The molecule has 4 nitrogen and oxygen atoms in total. The van der Waals surface area contributed by atoms with E-state index < -0.39 is 0 Å². The number of hydrogen-bond acceptors (Lipinski definition) is 4. The third-order valence-electron chi connectivity index (χ3n) is 3.52. The minimum absolute atomic E-state index is 0.206. The molecule has 0 saturated carbocycles. The van der Waals surface area contributed by atoms with Crippen LogP contribution in [-0.2, 0) is 0 Å². The number of β-amino-alcohol motifs (C(OH)–C–C–N with tert-alkyl or cyclic N) is 1. The Morgan fingerprint density at radius 3 is 2.86 bits per heavy atom. The highest BCUT2D eigenvalue weighted by molar-refractivity contribution is 4.93. The number of piperidine rings is 1. The quantitative estimate of drug-likeness (QED) is 0.541. The summed E-state index contributed by atoms with van der Waals surface area (Å²) in [4.78, 5) is 2.41. The van der Waals surface area contributed by atoms with Crippen molar-refractivity contribution in [2.45, 2.75) is 37.5 Å². The summed E-state index contributed by atoms with van der Waals surface area (Å²) >= 11 is 0. The van der Waals surface area contributed by atoms with E-state index in [4.69, 9.17) is 5.73 Å². The molecule has 0 radical (unpaired) electrons. The first kappa shape index (κ1) is 10.4. The second-order valence-electron chi connectivity index (χ2n) is 4.42. The molecule has 2 heterocycles. The SMILES string of the molecule is NCC1CCCCN1[C@@H]1CNC[C@H]1O. The minimum Gasteiger partial charge on any atom is -0.390 e. The Kier molecular flexibility index (Phi) is 3.38. The van der Waals surface area contributed by atoms with Gasteiger partial charge in [-0.15, -0.1) is 0 Å². The molecule has 4 N–H and O–H groups in total. The zero-order valence-corrected chi connectivity index (χ0v) is 8.65. The van der Waals surface area contributed by atoms with Crippen molar-refractivity contribution in [3.8, 4) is 0 Å². The number of aliphatic hydroxyl groups is 1. The van der Waals surface area contributed by atoms with Crippen LogP contribution in [-0.4, -0.2) is 54.4 Å². The van der Waals surface area contributed by atoms with Crippen LogP contribution < -0.4 is 11.1 Å². The second-order valence-corrected chi connectivity index (χ2v) is 4.42. The van der Waals surface area contributed by atoms with Gasteiger partial charge in [-0.05, 0) is 19.4 Å². The Hall–Kier alpha value is -0.160. The van der Waals surface area contributed by atoms with Gasteiger partial charge in [0.15, 0.2) is 0 Å². The number of aliphatic hydroxyl groups excluding tert-OH is 1. The van der Waals surface area contributed by atoms with E-state index in [1.54, 1.807) is 0 Å². The highest BCUT2D eigenvalue weighted by Crippen LogP contribution is 2.21. The van der Waals surface area contributed by atoms with Gasteiger partial charge in [-0.1, -0.05) is 6.42 Å². The van der Waals surface area contributed by atoms with Gasteiger partial charge in [-0.25, -0.2) is 0 Å².